The van der Waals surface area contributed by atoms with E-state index in [1.165, 1.54) is 6.07 Å². The number of para-hydroxylation sites is 1. The lowest BCUT2D eigenvalue weighted by atomic mass is 10.1. The van der Waals surface area contributed by atoms with Crippen LogP contribution in [0.1, 0.15) is 32.5 Å². The Bertz CT molecular complexity index is 619. The van der Waals surface area contributed by atoms with Gasteiger partial charge in [0.1, 0.15) is 11.3 Å². The summed E-state index contributed by atoms with van der Waals surface area (Å²) >= 11 is 0. The van der Waals surface area contributed by atoms with Gasteiger partial charge in [0.05, 0.1) is 18.2 Å². The molecule has 2 heterocycles. The number of halogens is 1. The number of aromatic nitrogens is 2. The Morgan fingerprint density at radius 1 is 1.52 bits per heavy atom. The topological polar surface area (TPSA) is 39.1 Å². The first-order valence-electron chi connectivity index (χ1n) is 7.69. The Morgan fingerprint density at radius 2 is 2.38 bits per heavy atom. The van der Waals surface area contributed by atoms with E-state index in [4.69, 9.17) is 4.74 Å². The lowest BCUT2D eigenvalue weighted by Gasteiger charge is -2.20. The number of imidazole rings is 1. The van der Waals surface area contributed by atoms with Crippen LogP contribution in [0.2, 0.25) is 0 Å². The molecule has 1 aromatic carbocycles. The van der Waals surface area contributed by atoms with Crippen molar-refractivity contribution < 1.29 is 9.13 Å². The molecule has 0 unspecified atom stereocenters. The van der Waals surface area contributed by atoms with Gasteiger partial charge in [0, 0.05) is 19.2 Å². The van der Waals surface area contributed by atoms with E-state index in [0.717, 1.165) is 37.3 Å². The number of hydrogen-bond acceptors (Lipinski definition) is 3. The number of benzene rings is 1. The van der Waals surface area contributed by atoms with E-state index in [1.807, 2.05) is 6.07 Å². The molecule has 114 valence electrons. The first-order valence-corrected chi connectivity index (χ1v) is 7.69. The molecule has 1 aliphatic heterocycles. The van der Waals surface area contributed by atoms with Crippen molar-refractivity contribution in [2.75, 3.05) is 6.61 Å². The van der Waals surface area contributed by atoms with E-state index in [-0.39, 0.29) is 18.0 Å². The lowest BCUT2D eigenvalue weighted by Crippen LogP contribution is -2.37. The SMILES string of the molecule is CCn1c(CN[C@@H](C)[C@H]2CCCO2)nc2c(F)cccc21. The van der Waals surface area contributed by atoms with Gasteiger partial charge in [-0.05, 0) is 38.8 Å². The number of nitrogens with zero attached hydrogens (tertiary/aromatic N) is 2. The molecule has 2 aromatic rings. The molecule has 0 amide bonds. The number of ether oxygens (including phenoxy) is 1. The summed E-state index contributed by atoms with van der Waals surface area (Å²) in [6.07, 6.45) is 2.52. The Balaban J connectivity index is 1.78. The predicted octanol–water partition coefficient (Wildman–Crippen LogP) is 2.85. The molecule has 0 radical (unpaired) electrons. The average Bonchev–Trinajstić information content (AvgIpc) is 3.12. The zero-order chi connectivity index (χ0) is 14.8. The Kier molecular flexibility index (Phi) is 4.22. The summed E-state index contributed by atoms with van der Waals surface area (Å²) in [4.78, 5) is 4.47. The van der Waals surface area contributed by atoms with E-state index in [0.29, 0.717) is 12.1 Å². The monoisotopic (exact) mass is 291 g/mol. The van der Waals surface area contributed by atoms with E-state index >= 15 is 0 Å². The molecule has 1 fully saturated rings. The average molecular weight is 291 g/mol. The molecule has 1 aromatic heterocycles. The molecule has 2 atom stereocenters. The molecule has 1 saturated heterocycles. The van der Waals surface area contributed by atoms with Crippen molar-refractivity contribution in [1.82, 2.24) is 14.9 Å². The Labute approximate surface area is 124 Å². The summed E-state index contributed by atoms with van der Waals surface area (Å²) in [5.74, 6) is 0.621. The minimum absolute atomic E-state index is 0.256. The lowest BCUT2D eigenvalue weighted by molar-refractivity contribution is 0.0829. The first-order chi connectivity index (χ1) is 10.2. The van der Waals surface area contributed by atoms with Crippen LogP contribution >= 0.6 is 0 Å². The van der Waals surface area contributed by atoms with Gasteiger partial charge < -0.3 is 14.6 Å². The molecule has 5 heteroatoms. The smallest absolute Gasteiger partial charge is 0.151 e. The summed E-state index contributed by atoms with van der Waals surface area (Å²) in [7, 11) is 0. The Hall–Kier alpha value is -1.46. The molecule has 0 saturated carbocycles. The minimum Gasteiger partial charge on any atom is -0.377 e. The Morgan fingerprint density at radius 3 is 3.10 bits per heavy atom. The summed E-state index contributed by atoms with van der Waals surface area (Å²) in [6.45, 7) is 6.46. The number of fused-ring (bicyclic) bond motifs is 1. The predicted molar refractivity (Wildman–Crippen MR) is 80.6 cm³/mol. The fourth-order valence-electron chi connectivity index (χ4n) is 3.03. The minimum atomic E-state index is -0.256. The van der Waals surface area contributed by atoms with Crippen LogP contribution in [0.5, 0.6) is 0 Å². The summed E-state index contributed by atoms with van der Waals surface area (Å²) in [5, 5.41) is 3.47. The molecule has 4 nitrogen and oxygen atoms in total. The van der Waals surface area contributed by atoms with Crippen molar-refractivity contribution in [2.24, 2.45) is 0 Å². The van der Waals surface area contributed by atoms with Crippen LogP contribution in [0.3, 0.4) is 0 Å². The molecule has 3 rings (SSSR count). The third-order valence-electron chi connectivity index (χ3n) is 4.23. The van der Waals surface area contributed by atoms with Gasteiger partial charge in [-0.2, -0.15) is 0 Å². The number of aryl methyl sites for hydroxylation is 1. The second-order valence-electron chi connectivity index (χ2n) is 5.60. The molecular formula is C16H22FN3O. The molecule has 1 aliphatic rings. The van der Waals surface area contributed by atoms with Crippen LogP contribution in [0, 0.1) is 5.82 Å². The third-order valence-corrected chi connectivity index (χ3v) is 4.23. The van der Waals surface area contributed by atoms with Gasteiger partial charge in [-0.15, -0.1) is 0 Å². The van der Waals surface area contributed by atoms with Crippen molar-refractivity contribution in [3.8, 4) is 0 Å². The summed E-state index contributed by atoms with van der Waals surface area (Å²) in [5.41, 5.74) is 1.32. The van der Waals surface area contributed by atoms with Crippen LogP contribution in [0.25, 0.3) is 11.0 Å². The van der Waals surface area contributed by atoms with Gasteiger partial charge in [-0.1, -0.05) is 6.07 Å². The van der Waals surface area contributed by atoms with Gasteiger partial charge in [0.2, 0.25) is 0 Å². The fourth-order valence-corrected chi connectivity index (χ4v) is 3.03. The normalized spacial score (nSPS) is 20.2. The van der Waals surface area contributed by atoms with Crippen LogP contribution in [-0.2, 0) is 17.8 Å². The maximum Gasteiger partial charge on any atom is 0.151 e. The highest BCUT2D eigenvalue weighted by atomic mass is 19.1. The maximum absolute atomic E-state index is 13.8. The van der Waals surface area contributed by atoms with Gasteiger partial charge in [-0.25, -0.2) is 9.37 Å². The maximum atomic E-state index is 13.8. The largest absolute Gasteiger partial charge is 0.377 e. The van der Waals surface area contributed by atoms with Gasteiger partial charge >= 0.3 is 0 Å². The quantitative estimate of drug-likeness (QED) is 0.920. The van der Waals surface area contributed by atoms with Crippen molar-refractivity contribution in [2.45, 2.75) is 51.9 Å². The van der Waals surface area contributed by atoms with Crippen molar-refractivity contribution in [3.05, 3.63) is 29.8 Å². The van der Waals surface area contributed by atoms with Crippen LogP contribution in [0.4, 0.5) is 4.39 Å². The fraction of sp³-hybridized carbons (Fsp3) is 0.562. The highest BCUT2D eigenvalue weighted by Crippen LogP contribution is 2.20. The van der Waals surface area contributed by atoms with Gasteiger partial charge in [-0.3, -0.25) is 0 Å². The summed E-state index contributed by atoms with van der Waals surface area (Å²) in [6, 6.07) is 5.39. The van der Waals surface area contributed by atoms with Crippen LogP contribution in [-0.4, -0.2) is 28.3 Å². The first kappa shape index (κ1) is 14.5. The third kappa shape index (κ3) is 2.80. The van der Waals surface area contributed by atoms with E-state index in [2.05, 4.69) is 28.7 Å². The highest BCUT2D eigenvalue weighted by Gasteiger charge is 2.22. The number of hydrogen-bond donors (Lipinski definition) is 1. The second-order valence-corrected chi connectivity index (χ2v) is 5.60. The second kappa shape index (κ2) is 6.12. The van der Waals surface area contributed by atoms with Gasteiger partial charge in [0.15, 0.2) is 5.82 Å². The van der Waals surface area contributed by atoms with E-state index in [1.54, 1.807) is 6.07 Å². The summed E-state index contributed by atoms with van der Waals surface area (Å²) < 4.78 is 21.6. The van der Waals surface area contributed by atoms with Crippen molar-refractivity contribution >= 4 is 11.0 Å². The van der Waals surface area contributed by atoms with E-state index < -0.39 is 0 Å². The molecular weight excluding hydrogens is 269 g/mol. The van der Waals surface area contributed by atoms with Gasteiger partial charge in [0.25, 0.3) is 0 Å². The number of rotatable bonds is 5. The molecule has 21 heavy (non-hydrogen) atoms. The number of nitrogens with one attached hydrogen (secondary N) is 1. The molecule has 0 bridgehead atoms. The van der Waals surface area contributed by atoms with Crippen molar-refractivity contribution in [1.29, 1.82) is 0 Å². The van der Waals surface area contributed by atoms with Crippen LogP contribution < -0.4 is 5.32 Å². The standard InChI is InChI=1S/C16H22FN3O/c1-3-20-13-7-4-6-12(17)16(13)19-15(20)10-18-11(2)14-8-5-9-21-14/h4,6-7,11,14,18H,3,5,8-10H2,1-2H3/t11-,14+/m0/s1. The van der Waals surface area contributed by atoms with E-state index in [9.17, 15) is 4.39 Å². The molecule has 1 N–H and O–H groups in total. The zero-order valence-electron chi connectivity index (χ0n) is 12.6. The molecule has 0 spiro atoms. The zero-order valence-corrected chi connectivity index (χ0v) is 12.6. The van der Waals surface area contributed by atoms with Crippen molar-refractivity contribution in [3.63, 3.8) is 0 Å². The highest BCUT2D eigenvalue weighted by molar-refractivity contribution is 5.76. The molecule has 0 aliphatic carbocycles. The van der Waals surface area contributed by atoms with Crippen LogP contribution in [0.15, 0.2) is 18.2 Å².